The molecule has 0 saturated carbocycles. The molecule has 18 heavy (non-hydrogen) atoms. The summed E-state index contributed by atoms with van der Waals surface area (Å²) in [6.45, 7) is 0. The lowest BCUT2D eigenvalue weighted by Gasteiger charge is -2.08. The zero-order chi connectivity index (χ0) is 13.0. The van der Waals surface area contributed by atoms with E-state index < -0.39 is 0 Å². The third kappa shape index (κ3) is 2.35. The maximum absolute atomic E-state index is 8.98. The van der Waals surface area contributed by atoms with Crippen LogP contribution in [0.2, 0.25) is 0 Å². The molecule has 1 aromatic heterocycles. The summed E-state index contributed by atoms with van der Waals surface area (Å²) in [5.74, 6) is 0.887. The first-order valence-electron chi connectivity index (χ1n) is 5.78. The van der Waals surface area contributed by atoms with E-state index in [-0.39, 0.29) is 0 Å². The van der Waals surface area contributed by atoms with Gasteiger partial charge in [-0.25, -0.2) is 4.98 Å². The number of nitriles is 1. The predicted molar refractivity (Wildman–Crippen MR) is 68.3 cm³/mol. The van der Waals surface area contributed by atoms with Crippen molar-refractivity contribution in [2.75, 3.05) is 7.11 Å². The van der Waals surface area contributed by atoms with E-state index >= 15 is 0 Å². The van der Waals surface area contributed by atoms with Crippen LogP contribution in [0, 0.1) is 11.3 Å². The monoisotopic (exact) mass is 241 g/mol. The molecule has 0 spiro atoms. The normalized spacial score (nSPS) is 10.1. The summed E-state index contributed by atoms with van der Waals surface area (Å²) < 4.78 is 7.21. The van der Waals surface area contributed by atoms with Crippen molar-refractivity contribution in [3.8, 4) is 11.8 Å². The molecule has 2 rings (SSSR count). The molecule has 0 N–H and O–H groups in total. The second-order valence-corrected chi connectivity index (χ2v) is 4.07. The zero-order valence-electron chi connectivity index (χ0n) is 10.6. The summed E-state index contributed by atoms with van der Waals surface area (Å²) in [4.78, 5) is 4.06. The Hall–Kier alpha value is -2.28. The fourth-order valence-electron chi connectivity index (χ4n) is 2.01. The van der Waals surface area contributed by atoms with Gasteiger partial charge in [-0.2, -0.15) is 5.26 Å². The summed E-state index contributed by atoms with van der Waals surface area (Å²) >= 11 is 0. The van der Waals surface area contributed by atoms with Gasteiger partial charge in [-0.05, 0) is 24.5 Å². The largest absolute Gasteiger partial charge is 0.496 e. The molecule has 0 saturated heterocycles. The van der Waals surface area contributed by atoms with Crippen LogP contribution in [0.5, 0.6) is 5.75 Å². The minimum absolute atomic E-state index is 0.507. The second-order valence-electron chi connectivity index (χ2n) is 4.07. The van der Waals surface area contributed by atoms with Crippen molar-refractivity contribution < 1.29 is 4.74 Å². The maximum atomic E-state index is 8.98. The molecule has 0 atom stereocenters. The standard InChI is InChI=1S/C14H15N3O/c1-17-10-16-12(9-15)13(17)8-7-11-5-3-4-6-14(11)18-2/h3-6,10H,7-8H2,1-2H3. The van der Waals surface area contributed by atoms with Crippen molar-refractivity contribution in [1.29, 1.82) is 5.26 Å². The van der Waals surface area contributed by atoms with Crippen LogP contribution in [0.3, 0.4) is 0 Å². The molecule has 0 aliphatic carbocycles. The quantitative estimate of drug-likeness (QED) is 0.823. The van der Waals surface area contributed by atoms with Gasteiger partial charge in [0, 0.05) is 7.05 Å². The van der Waals surface area contributed by atoms with Crippen molar-refractivity contribution in [2.45, 2.75) is 12.8 Å². The van der Waals surface area contributed by atoms with Crippen molar-refractivity contribution >= 4 is 0 Å². The molecule has 1 heterocycles. The highest BCUT2D eigenvalue weighted by Crippen LogP contribution is 2.19. The first-order chi connectivity index (χ1) is 8.76. The van der Waals surface area contributed by atoms with Crippen molar-refractivity contribution in [3.05, 3.63) is 47.5 Å². The van der Waals surface area contributed by atoms with Gasteiger partial charge in [-0.15, -0.1) is 0 Å². The molecule has 0 aliphatic heterocycles. The number of imidazole rings is 1. The number of benzene rings is 1. The van der Waals surface area contributed by atoms with Crippen molar-refractivity contribution in [2.24, 2.45) is 7.05 Å². The van der Waals surface area contributed by atoms with Gasteiger partial charge in [0.05, 0.1) is 19.1 Å². The van der Waals surface area contributed by atoms with Crippen LogP contribution in [0.4, 0.5) is 0 Å². The third-order valence-corrected chi connectivity index (χ3v) is 2.99. The number of ether oxygens (including phenoxy) is 1. The van der Waals surface area contributed by atoms with E-state index in [1.807, 2.05) is 35.9 Å². The molecule has 0 bridgehead atoms. The van der Waals surface area contributed by atoms with E-state index in [2.05, 4.69) is 11.1 Å². The minimum Gasteiger partial charge on any atom is -0.496 e. The number of nitrogens with zero attached hydrogens (tertiary/aromatic N) is 3. The molecule has 92 valence electrons. The molecule has 1 aromatic carbocycles. The molecule has 0 aliphatic rings. The first kappa shape index (κ1) is 12.2. The number of para-hydroxylation sites is 1. The Balaban J connectivity index is 2.17. The SMILES string of the molecule is COc1ccccc1CCc1c(C#N)ncn1C. The lowest BCUT2D eigenvalue weighted by atomic mass is 10.1. The van der Waals surface area contributed by atoms with Gasteiger partial charge in [-0.1, -0.05) is 18.2 Å². The van der Waals surface area contributed by atoms with E-state index in [9.17, 15) is 0 Å². The average Bonchev–Trinajstić information content (AvgIpc) is 2.77. The second kappa shape index (κ2) is 5.37. The fraction of sp³-hybridized carbons (Fsp3) is 0.286. The average molecular weight is 241 g/mol. The summed E-state index contributed by atoms with van der Waals surface area (Å²) in [6, 6.07) is 10.1. The third-order valence-electron chi connectivity index (χ3n) is 2.99. The van der Waals surface area contributed by atoms with E-state index in [1.165, 1.54) is 0 Å². The van der Waals surface area contributed by atoms with Gasteiger partial charge in [-0.3, -0.25) is 0 Å². The Labute approximate surface area is 106 Å². The van der Waals surface area contributed by atoms with Crippen molar-refractivity contribution in [1.82, 2.24) is 9.55 Å². The zero-order valence-corrected chi connectivity index (χ0v) is 10.6. The smallest absolute Gasteiger partial charge is 0.161 e. The molecule has 0 radical (unpaired) electrons. The minimum atomic E-state index is 0.507. The van der Waals surface area contributed by atoms with Gasteiger partial charge in [0.15, 0.2) is 5.69 Å². The van der Waals surface area contributed by atoms with Gasteiger partial charge >= 0.3 is 0 Å². The van der Waals surface area contributed by atoms with Crippen molar-refractivity contribution in [3.63, 3.8) is 0 Å². The lowest BCUT2D eigenvalue weighted by molar-refractivity contribution is 0.409. The molecule has 2 aromatic rings. The molecular formula is C14H15N3O. The first-order valence-corrected chi connectivity index (χ1v) is 5.78. The topological polar surface area (TPSA) is 50.8 Å². The summed E-state index contributed by atoms with van der Waals surface area (Å²) in [6.07, 6.45) is 3.29. The van der Waals surface area contributed by atoms with E-state index in [1.54, 1.807) is 13.4 Å². The predicted octanol–water partition coefficient (Wildman–Crippen LogP) is 2.09. The van der Waals surface area contributed by atoms with Crippen LogP contribution in [-0.4, -0.2) is 16.7 Å². The molecular weight excluding hydrogens is 226 g/mol. The highest BCUT2D eigenvalue weighted by atomic mass is 16.5. The maximum Gasteiger partial charge on any atom is 0.161 e. The van der Waals surface area contributed by atoms with Crippen LogP contribution >= 0.6 is 0 Å². The van der Waals surface area contributed by atoms with Gasteiger partial charge in [0.2, 0.25) is 0 Å². The van der Waals surface area contributed by atoms with Crippen LogP contribution in [-0.2, 0) is 19.9 Å². The number of aryl methyl sites for hydroxylation is 2. The number of hydrogen-bond acceptors (Lipinski definition) is 3. The highest BCUT2D eigenvalue weighted by Gasteiger charge is 2.09. The van der Waals surface area contributed by atoms with Crippen LogP contribution in [0.1, 0.15) is 17.0 Å². The van der Waals surface area contributed by atoms with E-state index in [0.29, 0.717) is 5.69 Å². The summed E-state index contributed by atoms with van der Waals surface area (Å²) in [5.41, 5.74) is 2.61. The Kier molecular flexibility index (Phi) is 3.63. The fourth-order valence-corrected chi connectivity index (χ4v) is 2.01. The Bertz CT molecular complexity index is 581. The molecule has 0 fully saturated rings. The van der Waals surface area contributed by atoms with E-state index in [0.717, 1.165) is 29.8 Å². The van der Waals surface area contributed by atoms with Gasteiger partial charge in [0.25, 0.3) is 0 Å². The summed E-state index contributed by atoms with van der Waals surface area (Å²) in [5, 5.41) is 8.98. The Morgan fingerprint density at radius 1 is 1.33 bits per heavy atom. The highest BCUT2D eigenvalue weighted by molar-refractivity contribution is 5.35. The van der Waals surface area contributed by atoms with Crippen LogP contribution in [0.25, 0.3) is 0 Å². The number of rotatable bonds is 4. The number of hydrogen-bond donors (Lipinski definition) is 0. The molecule has 0 unspecified atom stereocenters. The van der Waals surface area contributed by atoms with Gasteiger partial charge in [0.1, 0.15) is 11.8 Å². The Morgan fingerprint density at radius 2 is 2.11 bits per heavy atom. The van der Waals surface area contributed by atoms with Gasteiger partial charge < -0.3 is 9.30 Å². The number of aromatic nitrogens is 2. The molecule has 4 heteroatoms. The molecule has 0 amide bonds. The lowest BCUT2D eigenvalue weighted by Crippen LogP contribution is -2.01. The molecule has 4 nitrogen and oxygen atoms in total. The van der Waals surface area contributed by atoms with Crippen LogP contribution < -0.4 is 4.74 Å². The van der Waals surface area contributed by atoms with Crippen LogP contribution in [0.15, 0.2) is 30.6 Å². The van der Waals surface area contributed by atoms with E-state index in [4.69, 9.17) is 10.00 Å². The number of methoxy groups -OCH3 is 1. The Morgan fingerprint density at radius 3 is 2.83 bits per heavy atom. The summed E-state index contributed by atoms with van der Waals surface area (Å²) in [7, 11) is 3.58.